The zero-order valence-corrected chi connectivity index (χ0v) is 32.6. The van der Waals surface area contributed by atoms with E-state index in [1.54, 1.807) is 36.4 Å². The van der Waals surface area contributed by atoms with Crippen molar-refractivity contribution in [2.45, 2.75) is 60.8 Å². The van der Waals surface area contributed by atoms with Gasteiger partial charge in [-0.2, -0.15) is 9.97 Å². The quantitative estimate of drug-likeness (QED) is 0.0531. The molecule has 2 aromatic heterocycles. The minimum atomic E-state index is -0.349. The van der Waals surface area contributed by atoms with Gasteiger partial charge in [0.2, 0.25) is 11.9 Å². The number of carbonyl (C=O) groups excluding carboxylic acids is 1. The average Bonchev–Trinajstić information content (AvgIpc) is 3.17. The number of nitrogens with zero attached hydrogens (tertiary/aromatic N) is 5. The fourth-order valence-corrected chi connectivity index (χ4v) is 5.14. The second-order valence-corrected chi connectivity index (χ2v) is 13.3. The summed E-state index contributed by atoms with van der Waals surface area (Å²) < 4.78 is 11.8. The van der Waals surface area contributed by atoms with Crippen LogP contribution in [0, 0.1) is 18.8 Å². The molecule has 0 spiro atoms. The molecule has 0 atom stereocenters. The molecule has 2 amide bonds. The highest BCUT2D eigenvalue weighted by molar-refractivity contribution is 6.00. The highest BCUT2D eigenvalue weighted by Crippen LogP contribution is 2.37. The molecule has 6 rings (SSSR count). The van der Waals surface area contributed by atoms with Gasteiger partial charge in [-0.05, 0) is 77.4 Å². The van der Waals surface area contributed by atoms with Gasteiger partial charge in [0.05, 0.1) is 12.4 Å². The minimum Gasteiger partial charge on any atom is -0.451 e. The molecule has 16 nitrogen and oxygen atoms in total. The Labute approximate surface area is 338 Å². The van der Waals surface area contributed by atoms with Crippen LogP contribution in [0.1, 0.15) is 69.2 Å². The van der Waals surface area contributed by atoms with Crippen LogP contribution in [-0.2, 0) is 0 Å². The third-order valence-corrected chi connectivity index (χ3v) is 8.18. The number of ether oxygens (including phenoxy) is 2. The molecular weight excluding hydrogens is 737 g/mol. The molecule has 16 heteroatoms. The van der Waals surface area contributed by atoms with Crippen LogP contribution in [0.15, 0.2) is 102 Å². The molecule has 58 heavy (non-hydrogen) atoms. The molecule has 0 radical (unpaired) electrons. The average molecular weight is 789 g/mol. The lowest BCUT2D eigenvalue weighted by molar-refractivity contribution is 0.262. The standard InChI is InChI=1S/C21H24N6O2.C14H19N5O.C6H5NO.CH4/c1-12(2)15-9-13(3)16(26-21(28)25-14-7-5-4-6-8-14)10-17(15)29-18-11-24-20(23)27-19(18)22;1-7(2)9-4-8(3)10(15)5-11(9)20-12-6-18-14(17)19-13(12)16;8-7-6-4-2-1-3-5-6;/h4-12H,1-3H3,(H2,25,26,28)(H4,22,23,24,27);4-7H,15H2,1-3H3,(H4,16,17,18,19);1-5H;1H4. The van der Waals surface area contributed by atoms with Crippen LogP contribution >= 0.6 is 0 Å². The number of benzene rings is 4. The van der Waals surface area contributed by atoms with E-state index in [0.29, 0.717) is 51.7 Å². The molecule has 0 fully saturated rings. The molecule has 12 N–H and O–H groups in total. The molecule has 4 aromatic carbocycles. The molecule has 6 aromatic rings. The maximum Gasteiger partial charge on any atom is 0.323 e. The number of nitrogens with one attached hydrogen (secondary N) is 2. The Hall–Kier alpha value is -7.49. The van der Waals surface area contributed by atoms with E-state index in [1.165, 1.54) is 12.4 Å². The molecular formula is C42H52N12O4. The lowest BCUT2D eigenvalue weighted by Crippen LogP contribution is -2.20. The minimum absolute atomic E-state index is 0. The monoisotopic (exact) mass is 788 g/mol. The van der Waals surface area contributed by atoms with E-state index in [9.17, 15) is 9.70 Å². The van der Waals surface area contributed by atoms with Gasteiger partial charge in [-0.15, -0.1) is 4.91 Å². The summed E-state index contributed by atoms with van der Waals surface area (Å²) >= 11 is 0. The summed E-state index contributed by atoms with van der Waals surface area (Å²) in [5, 5.41) is 8.38. The third-order valence-electron chi connectivity index (χ3n) is 8.18. The summed E-state index contributed by atoms with van der Waals surface area (Å²) in [6, 6.07) is 25.1. The first-order valence-corrected chi connectivity index (χ1v) is 17.8. The highest BCUT2D eigenvalue weighted by Gasteiger charge is 2.17. The predicted octanol–water partition coefficient (Wildman–Crippen LogP) is 9.68. The smallest absolute Gasteiger partial charge is 0.323 e. The topological polar surface area (TPSA) is 271 Å². The number of carbonyl (C=O) groups is 1. The molecule has 0 bridgehead atoms. The van der Waals surface area contributed by atoms with Crippen molar-refractivity contribution in [2.24, 2.45) is 5.18 Å². The number of amides is 2. The summed E-state index contributed by atoms with van der Waals surface area (Å²) in [4.78, 5) is 37.8. The largest absolute Gasteiger partial charge is 0.451 e. The van der Waals surface area contributed by atoms with Crippen molar-refractivity contribution >= 4 is 52.3 Å². The number of nitrogen functional groups attached to an aromatic ring is 5. The lowest BCUT2D eigenvalue weighted by Gasteiger charge is -2.18. The van der Waals surface area contributed by atoms with Gasteiger partial charge in [0.1, 0.15) is 17.2 Å². The first-order valence-electron chi connectivity index (χ1n) is 17.8. The molecule has 2 heterocycles. The normalized spacial score (nSPS) is 10.2. The van der Waals surface area contributed by atoms with Gasteiger partial charge in [-0.25, -0.2) is 14.8 Å². The number of nitroso groups, excluding NO2 is 1. The molecule has 0 aliphatic carbocycles. The van der Waals surface area contributed by atoms with Gasteiger partial charge in [-0.3, -0.25) is 0 Å². The Morgan fingerprint density at radius 2 is 1.10 bits per heavy atom. The van der Waals surface area contributed by atoms with E-state index < -0.39 is 0 Å². The second kappa shape index (κ2) is 21.0. The summed E-state index contributed by atoms with van der Waals surface area (Å²) in [6.45, 7) is 12.2. The van der Waals surface area contributed by atoms with E-state index in [4.69, 9.17) is 38.1 Å². The fourth-order valence-electron chi connectivity index (χ4n) is 5.14. The van der Waals surface area contributed by atoms with Gasteiger partial charge in [0, 0.05) is 29.2 Å². The Kier molecular flexibility index (Phi) is 16.2. The Bertz CT molecular complexity index is 2290. The first-order chi connectivity index (χ1) is 27.1. The summed E-state index contributed by atoms with van der Waals surface area (Å²) in [6.07, 6.45) is 2.88. The molecule has 304 valence electrons. The number of anilines is 7. The van der Waals surface area contributed by atoms with Crippen molar-refractivity contribution in [3.8, 4) is 23.0 Å². The Morgan fingerprint density at radius 1 is 0.638 bits per heavy atom. The lowest BCUT2D eigenvalue weighted by atomic mass is 9.98. The van der Waals surface area contributed by atoms with Crippen molar-refractivity contribution in [2.75, 3.05) is 39.3 Å². The molecule has 0 saturated carbocycles. The number of aryl methyl sites for hydroxylation is 2. The van der Waals surface area contributed by atoms with Gasteiger partial charge in [0.25, 0.3) is 0 Å². The van der Waals surface area contributed by atoms with Crippen LogP contribution in [-0.4, -0.2) is 26.0 Å². The predicted molar refractivity (Wildman–Crippen MR) is 235 cm³/mol. The maximum absolute atomic E-state index is 12.4. The van der Waals surface area contributed by atoms with Crippen LogP contribution in [0.5, 0.6) is 23.0 Å². The number of aromatic nitrogens is 4. The highest BCUT2D eigenvalue weighted by atomic mass is 16.5. The summed E-state index contributed by atoms with van der Waals surface area (Å²) in [7, 11) is 0. The molecule has 0 aliphatic heterocycles. The molecule has 0 saturated heterocycles. The van der Waals surface area contributed by atoms with Crippen LogP contribution in [0.4, 0.5) is 51.1 Å². The molecule has 0 aliphatic rings. The third kappa shape index (κ3) is 12.8. The number of para-hydroxylation sites is 1. The second-order valence-electron chi connectivity index (χ2n) is 13.3. The van der Waals surface area contributed by atoms with Gasteiger partial charge in [0.15, 0.2) is 23.1 Å². The van der Waals surface area contributed by atoms with Gasteiger partial charge >= 0.3 is 6.03 Å². The van der Waals surface area contributed by atoms with Crippen molar-refractivity contribution in [3.63, 3.8) is 0 Å². The fraction of sp³-hybridized carbons (Fsp3) is 0.214. The van der Waals surface area contributed by atoms with E-state index in [0.717, 1.165) is 22.3 Å². The van der Waals surface area contributed by atoms with Crippen LogP contribution < -0.4 is 48.8 Å². The number of hydrogen-bond acceptors (Lipinski definition) is 14. The van der Waals surface area contributed by atoms with E-state index in [1.807, 2.05) is 62.4 Å². The van der Waals surface area contributed by atoms with Crippen LogP contribution in [0.25, 0.3) is 0 Å². The summed E-state index contributed by atoms with van der Waals surface area (Å²) in [5.74, 6) is 2.88. The Morgan fingerprint density at radius 3 is 1.55 bits per heavy atom. The SMILES string of the molecule is C.Cc1cc(C(C)C)c(Oc2cnc(N)nc2N)cc1N.Cc1cc(C(C)C)c(Oc2cnc(N)nc2N)cc1NC(=O)Nc1ccccc1.O=Nc1ccccc1. The van der Waals surface area contributed by atoms with Crippen LogP contribution in [0.2, 0.25) is 0 Å². The number of rotatable bonds is 9. The number of hydrogen-bond donors (Lipinski definition) is 7. The molecule has 0 unspecified atom stereocenters. The first kappa shape index (κ1) is 44.9. The van der Waals surface area contributed by atoms with E-state index >= 15 is 0 Å². The zero-order valence-electron chi connectivity index (χ0n) is 32.6. The maximum atomic E-state index is 12.4. The zero-order chi connectivity index (χ0) is 41.6. The van der Waals surface area contributed by atoms with Crippen molar-refractivity contribution in [3.05, 3.63) is 124 Å². The van der Waals surface area contributed by atoms with Crippen LogP contribution in [0.3, 0.4) is 0 Å². The van der Waals surface area contributed by atoms with Crippen molar-refractivity contribution in [1.82, 2.24) is 19.9 Å². The Balaban J connectivity index is 0.000000267. The number of urea groups is 1. The van der Waals surface area contributed by atoms with Crippen molar-refractivity contribution in [1.29, 1.82) is 0 Å². The van der Waals surface area contributed by atoms with Crippen molar-refractivity contribution < 1.29 is 14.3 Å². The van der Waals surface area contributed by atoms with Gasteiger partial charge in [-0.1, -0.05) is 83.7 Å². The van der Waals surface area contributed by atoms with Gasteiger partial charge < -0.3 is 48.8 Å². The van der Waals surface area contributed by atoms with E-state index in [2.05, 4.69) is 63.4 Å². The summed E-state index contributed by atoms with van der Waals surface area (Å²) in [5.41, 5.74) is 35.0. The van der Waals surface area contributed by atoms with E-state index in [-0.39, 0.29) is 42.9 Å². The number of nitrogens with two attached hydrogens (primary N) is 5.